The van der Waals surface area contributed by atoms with E-state index in [-0.39, 0.29) is 0 Å². The second kappa shape index (κ2) is 24.4. The normalized spacial score (nSPS) is 20.2. The smallest absolute Gasteiger partial charge is 0.159 e. The van der Waals surface area contributed by atoms with Crippen LogP contribution in [0.5, 0.6) is 5.75 Å². The van der Waals surface area contributed by atoms with Gasteiger partial charge in [0.25, 0.3) is 0 Å². The van der Waals surface area contributed by atoms with Gasteiger partial charge in [0.15, 0.2) is 11.6 Å². The van der Waals surface area contributed by atoms with Gasteiger partial charge in [-0.3, -0.25) is 4.39 Å². The van der Waals surface area contributed by atoms with E-state index in [1.807, 2.05) is 26.0 Å². The molecule has 0 aliphatic heterocycles. The average Bonchev–Trinajstić information content (AvgIpc) is 3.15. The highest BCUT2D eigenvalue weighted by atomic mass is 19.2. The SMILES string of the molecule is CC.CCCCC1CCC(c2ccc(-c3ccc(F)c(F)c3)cc2)CC1.CCCCOc1ccc(C2CCC(CCC)CC2)cc1.CF. The molecule has 0 radical (unpaired) electrons. The zero-order valence-electron chi connectivity index (χ0n) is 31.0. The van der Waals surface area contributed by atoms with Crippen molar-refractivity contribution in [3.63, 3.8) is 0 Å². The molecule has 2 saturated carbocycles. The van der Waals surface area contributed by atoms with E-state index < -0.39 is 11.6 Å². The minimum absolute atomic E-state index is 0.500. The van der Waals surface area contributed by atoms with Crippen LogP contribution in [0.3, 0.4) is 0 Å². The molecule has 0 aromatic heterocycles. The van der Waals surface area contributed by atoms with Gasteiger partial charge in [-0.15, -0.1) is 0 Å². The van der Waals surface area contributed by atoms with Gasteiger partial charge in [0.2, 0.25) is 0 Å². The quantitative estimate of drug-likeness (QED) is 0.175. The maximum absolute atomic E-state index is 13.4. The van der Waals surface area contributed by atoms with E-state index in [1.165, 1.54) is 113 Å². The molecule has 2 aliphatic rings. The van der Waals surface area contributed by atoms with Crippen LogP contribution >= 0.6 is 0 Å². The van der Waals surface area contributed by atoms with Gasteiger partial charge in [0.1, 0.15) is 5.75 Å². The highest BCUT2D eigenvalue weighted by molar-refractivity contribution is 5.63. The number of hydrogen-bond acceptors (Lipinski definition) is 1. The van der Waals surface area contributed by atoms with Crippen molar-refractivity contribution in [3.8, 4) is 16.9 Å². The van der Waals surface area contributed by atoms with Crippen LogP contribution in [0.4, 0.5) is 13.2 Å². The lowest BCUT2D eigenvalue weighted by Gasteiger charge is -2.29. The lowest BCUT2D eigenvalue weighted by Crippen LogP contribution is -2.13. The molecule has 0 unspecified atom stereocenters. The van der Waals surface area contributed by atoms with Crippen LogP contribution in [-0.4, -0.2) is 13.8 Å². The van der Waals surface area contributed by atoms with Crippen molar-refractivity contribution in [2.75, 3.05) is 13.8 Å². The number of rotatable bonds is 12. The summed E-state index contributed by atoms with van der Waals surface area (Å²) in [7, 11) is 0.500. The first-order valence-electron chi connectivity index (χ1n) is 19.2. The molecule has 2 fully saturated rings. The lowest BCUT2D eigenvalue weighted by atomic mass is 9.77. The standard InChI is InChI=1S/C22H26F2.C19H30O.C2H6.CH3F/c1-2-3-4-16-5-7-17(8-6-16)18-9-11-19(12-10-18)20-13-14-21(23)22(24)15-20;1-3-5-15-20-19-13-11-18(12-14-19)17-9-7-16(6-4-2)8-10-17;2*1-2/h9-17H,2-8H2,1H3;11-14,16-17H,3-10,15H2,1-2H3;1-2H3;1H3. The first-order valence-corrected chi connectivity index (χ1v) is 19.2. The lowest BCUT2D eigenvalue weighted by molar-refractivity contribution is 0.304. The van der Waals surface area contributed by atoms with Crippen LogP contribution in [0.15, 0.2) is 66.7 Å². The van der Waals surface area contributed by atoms with Crippen LogP contribution in [0.25, 0.3) is 11.1 Å². The van der Waals surface area contributed by atoms with E-state index in [0.29, 0.717) is 13.1 Å². The summed E-state index contributed by atoms with van der Waals surface area (Å²) >= 11 is 0. The summed E-state index contributed by atoms with van der Waals surface area (Å²) in [5, 5.41) is 0. The van der Waals surface area contributed by atoms with E-state index >= 15 is 0 Å². The number of unbranched alkanes of at least 4 members (excludes halogenated alkanes) is 2. The van der Waals surface area contributed by atoms with E-state index in [9.17, 15) is 13.2 Å². The highest BCUT2D eigenvalue weighted by Crippen LogP contribution is 2.39. The Hall–Kier alpha value is -2.75. The van der Waals surface area contributed by atoms with Gasteiger partial charge in [-0.05, 0) is 128 Å². The maximum Gasteiger partial charge on any atom is 0.159 e. The van der Waals surface area contributed by atoms with Crippen molar-refractivity contribution in [1.29, 1.82) is 0 Å². The molecular formula is C44H65F3O. The summed E-state index contributed by atoms with van der Waals surface area (Å²) in [6, 6.07) is 21.4. The van der Waals surface area contributed by atoms with Crippen molar-refractivity contribution in [3.05, 3.63) is 89.5 Å². The maximum atomic E-state index is 13.4. The molecule has 0 saturated heterocycles. The zero-order chi connectivity index (χ0) is 35.1. The molecule has 0 spiro atoms. The van der Waals surface area contributed by atoms with Crippen molar-refractivity contribution < 1.29 is 17.9 Å². The van der Waals surface area contributed by atoms with Gasteiger partial charge in [-0.25, -0.2) is 8.78 Å². The van der Waals surface area contributed by atoms with Crippen LogP contribution in [0.1, 0.15) is 154 Å². The zero-order valence-corrected chi connectivity index (χ0v) is 31.0. The third kappa shape index (κ3) is 14.0. The summed E-state index contributed by atoms with van der Waals surface area (Å²) in [5.41, 5.74) is 4.57. The minimum Gasteiger partial charge on any atom is -0.494 e. The molecule has 0 heterocycles. The molecule has 1 nitrogen and oxygen atoms in total. The van der Waals surface area contributed by atoms with Crippen molar-refractivity contribution in [1.82, 2.24) is 0 Å². The predicted octanol–water partition coefficient (Wildman–Crippen LogP) is 14.6. The number of halogens is 3. The van der Waals surface area contributed by atoms with Gasteiger partial charge in [-0.2, -0.15) is 0 Å². The number of ether oxygens (including phenoxy) is 1. The van der Waals surface area contributed by atoms with E-state index in [4.69, 9.17) is 4.74 Å². The molecule has 0 amide bonds. The molecule has 2 aliphatic carbocycles. The monoisotopic (exact) mass is 666 g/mol. The number of benzene rings is 3. The van der Waals surface area contributed by atoms with E-state index in [1.54, 1.807) is 6.07 Å². The minimum atomic E-state index is -0.796. The fourth-order valence-corrected chi connectivity index (χ4v) is 7.26. The molecule has 3 aromatic rings. The summed E-state index contributed by atoms with van der Waals surface area (Å²) in [5.74, 6) is 2.80. The summed E-state index contributed by atoms with van der Waals surface area (Å²) in [6.07, 6.45) is 20.0. The largest absolute Gasteiger partial charge is 0.494 e. The first kappa shape index (κ1) is 41.4. The van der Waals surface area contributed by atoms with E-state index in [2.05, 4.69) is 57.2 Å². The Labute approximate surface area is 292 Å². The second-order valence-corrected chi connectivity index (χ2v) is 13.4. The van der Waals surface area contributed by atoms with Gasteiger partial charge < -0.3 is 4.74 Å². The molecule has 268 valence electrons. The topological polar surface area (TPSA) is 9.23 Å². The number of hydrogen-bond donors (Lipinski definition) is 0. The van der Waals surface area contributed by atoms with Gasteiger partial charge in [-0.1, -0.05) is 116 Å². The Morgan fingerprint density at radius 1 is 0.542 bits per heavy atom. The molecule has 4 heteroatoms. The van der Waals surface area contributed by atoms with Crippen molar-refractivity contribution in [2.24, 2.45) is 11.8 Å². The van der Waals surface area contributed by atoms with Crippen LogP contribution in [0, 0.1) is 23.5 Å². The summed E-state index contributed by atoms with van der Waals surface area (Å²) in [4.78, 5) is 0. The molecule has 0 bridgehead atoms. The van der Waals surface area contributed by atoms with Gasteiger partial charge in [0.05, 0.1) is 13.8 Å². The third-order valence-corrected chi connectivity index (χ3v) is 10.1. The Balaban J connectivity index is 0.000000307. The van der Waals surface area contributed by atoms with Gasteiger partial charge >= 0.3 is 0 Å². The molecule has 0 N–H and O–H groups in total. The highest BCUT2D eigenvalue weighted by Gasteiger charge is 2.23. The Morgan fingerprint density at radius 3 is 1.50 bits per heavy atom. The fraction of sp³-hybridized carbons (Fsp3) is 0.591. The third-order valence-electron chi connectivity index (χ3n) is 10.1. The van der Waals surface area contributed by atoms with Crippen LogP contribution in [-0.2, 0) is 0 Å². The first-order chi connectivity index (χ1) is 23.5. The Bertz CT molecular complexity index is 1210. The molecule has 0 atom stereocenters. The fourth-order valence-electron chi connectivity index (χ4n) is 7.26. The van der Waals surface area contributed by atoms with Gasteiger partial charge in [0, 0.05) is 0 Å². The second-order valence-electron chi connectivity index (χ2n) is 13.4. The molecule has 5 rings (SSSR count). The number of alkyl halides is 1. The Morgan fingerprint density at radius 2 is 1.02 bits per heavy atom. The van der Waals surface area contributed by atoms with Crippen LogP contribution in [0.2, 0.25) is 0 Å². The van der Waals surface area contributed by atoms with E-state index in [0.717, 1.165) is 47.7 Å². The summed E-state index contributed by atoms with van der Waals surface area (Å²) in [6.45, 7) is 11.6. The Kier molecular flexibility index (Phi) is 21.1. The average molecular weight is 667 g/mol. The molecule has 48 heavy (non-hydrogen) atoms. The predicted molar refractivity (Wildman–Crippen MR) is 201 cm³/mol. The van der Waals surface area contributed by atoms with Crippen LogP contribution < -0.4 is 4.74 Å². The molecule has 3 aromatic carbocycles. The summed E-state index contributed by atoms with van der Waals surface area (Å²) < 4.78 is 41.7. The van der Waals surface area contributed by atoms with Crippen molar-refractivity contribution in [2.45, 2.75) is 143 Å². The van der Waals surface area contributed by atoms with Crippen molar-refractivity contribution >= 4 is 0 Å². The molecular weight excluding hydrogens is 601 g/mol.